The molecule has 7 heteroatoms. The highest BCUT2D eigenvalue weighted by Gasteiger charge is 2.34. The summed E-state index contributed by atoms with van der Waals surface area (Å²) in [7, 11) is 0. The number of ether oxygens (including phenoxy) is 1. The van der Waals surface area contributed by atoms with E-state index in [4.69, 9.17) is 4.74 Å². The Labute approximate surface area is 154 Å². The van der Waals surface area contributed by atoms with Crippen LogP contribution in [0.2, 0.25) is 0 Å². The zero-order valence-corrected chi connectivity index (χ0v) is 15.4. The van der Waals surface area contributed by atoms with E-state index in [1.807, 2.05) is 36.4 Å². The van der Waals surface area contributed by atoms with Crippen molar-refractivity contribution in [2.45, 2.75) is 19.1 Å². The molecule has 1 aliphatic rings. The van der Waals surface area contributed by atoms with E-state index in [-0.39, 0.29) is 30.6 Å². The van der Waals surface area contributed by atoms with Crippen LogP contribution in [0.1, 0.15) is 18.5 Å². The van der Waals surface area contributed by atoms with Crippen LogP contribution in [0, 0.1) is 9.49 Å². The number of hydrogen-bond acceptors (Lipinski definition) is 5. The normalized spacial score (nSPS) is 23.0. The quantitative estimate of drug-likeness (QED) is 0.623. The molecule has 126 valence electrons. The van der Waals surface area contributed by atoms with Gasteiger partial charge < -0.3 is 10.1 Å². The maximum atomic E-state index is 12.1. The number of nitrogens with one attached hydrogen (secondary N) is 3. The van der Waals surface area contributed by atoms with Gasteiger partial charge in [-0.2, -0.15) is 0 Å². The Kier molecular flexibility index (Phi) is 5.64. The Morgan fingerprint density at radius 3 is 2.62 bits per heavy atom. The van der Waals surface area contributed by atoms with Crippen LogP contribution >= 0.6 is 22.6 Å². The molecule has 0 saturated carbocycles. The van der Waals surface area contributed by atoms with Crippen LogP contribution in [0.4, 0.5) is 0 Å². The molecule has 3 rings (SSSR count). The molecule has 1 aliphatic heterocycles. The van der Waals surface area contributed by atoms with Crippen LogP contribution in [0.3, 0.4) is 0 Å². The first kappa shape index (κ1) is 17.1. The summed E-state index contributed by atoms with van der Waals surface area (Å²) in [6, 6.07) is 11.7. The fourth-order valence-electron chi connectivity index (χ4n) is 2.65. The summed E-state index contributed by atoms with van der Waals surface area (Å²) in [5.41, 5.74) is 7.49. The summed E-state index contributed by atoms with van der Waals surface area (Å²) in [5.74, 6) is 0.718. The zero-order valence-electron chi connectivity index (χ0n) is 13.2. The lowest BCUT2D eigenvalue weighted by molar-refractivity contribution is -0.124. The van der Waals surface area contributed by atoms with Crippen LogP contribution in [-0.2, 0) is 4.79 Å². The molecule has 3 atom stereocenters. The molecule has 0 spiro atoms. The van der Waals surface area contributed by atoms with Gasteiger partial charge in [0.25, 0.3) is 5.91 Å². The number of halogens is 1. The molecule has 2 heterocycles. The summed E-state index contributed by atoms with van der Waals surface area (Å²) < 4.78 is 6.63. The number of amides is 1. The van der Waals surface area contributed by atoms with E-state index in [9.17, 15) is 4.79 Å². The van der Waals surface area contributed by atoms with Gasteiger partial charge >= 0.3 is 0 Å². The maximum absolute atomic E-state index is 12.1. The van der Waals surface area contributed by atoms with Crippen molar-refractivity contribution in [1.29, 1.82) is 0 Å². The van der Waals surface area contributed by atoms with Crippen LogP contribution in [-0.4, -0.2) is 23.7 Å². The standard InChI is InChI=1S/C17H19IN4O2/c1-11-16(12-6-8-19-9-7-12)21-22-17(11)20-15(23)10-24-14-4-2-13(18)3-5-14/h2-9,11,16-17,21-22H,10H2,1H3,(H,20,23). The van der Waals surface area contributed by atoms with Crippen LogP contribution in [0.15, 0.2) is 48.8 Å². The van der Waals surface area contributed by atoms with E-state index in [0.717, 1.165) is 9.13 Å². The Balaban J connectivity index is 1.51. The molecule has 1 fully saturated rings. The molecule has 1 amide bonds. The highest BCUT2D eigenvalue weighted by atomic mass is 127. The first-order valence-corrected chi connectivity index (χ1v) is 8.80. The SMILES string of the molecule is CC1C(NC(=O)COc2ccc(I)cc2)NNC1c1ccncc1. The summed E-state index contributed by atoms with van der Waals surface area (Å²) in [6.45, 7) is 2.08. The van der Waals surface area contributed by atoms with Crippen molar-refractivity contribution >= 4 is 28.5 Å². The molecular weight excluding hydrogens is 419 g/mol. The van der Waals surface area contributed by atoms with Gasteiger partial charge in [0, 0.05) is 21.9 Å². The Morgan fingerprint density at radius 2 is 1.92 bits per heavy atom. The molecule has 6 nitrogen and oxygen atoms in total. The molecule has 1 aromatic carbocycles. The first-order valence-electron chi connectivity index (χ1n) is 7.72. The van der Waals surface area contributed by atoms with Gasteiger partial charge in [-0.3, -0.25) is 9.78 Å². The third-order valence-corrected chi connectivity index (χ3v) is 4.73. The van der Waals surface area contributed by atoms with Crippen molar-refractivity contribution in [1.82, 2.24) is 21.2 Å². The van der Waals surface area contributed by atoms with Gasteiger partial charge in [0.1, 0.15) is 5.75 Å². The van der Waals surface area contributed by atoms with Gasteiger partial charge in [0.2, 0.25) is 0 Å². The molecule has 2 aromatic rings. The molecule has 1 aromatic heterocycles. The van der Waals surface area contributed by atoms with E-state index < -0.39 is 0 Å². The molecule has 24 heavy (non-hydrogen) atoms. The topological polar surface area (TPSA) is 75.3 Å². The van der Waals surface area contributed by atoms with Crippen LogP contribution in [0.5, 0.6) is 5.75 Å². The lowest BCUT2D eigenvalue weighted by atomic mass is 9.95. The van der Waals surface area contributed by atoms with Crippen molar-refractivity contribution in [3.8, 4) is 5.75 Å². The van der Waals surface area contributed by atoms with E-state index in [0.29, 0.717) is 5.75 Å². The van der Waals surface area contributed by atoms with Gasteiger partial charge in [-0.1, -0.05) is 6.92 Å². The van der Waals surface area contributed by atoms with Crippen LogP contribution in [0.25, 0.3) is 0 Å². The molecule has 3 unspecified atom stereocenters. The predicted octanol–water partition coefficient (Wildman–Crippen LogP) is 1.99. The summed E-state index contributed by atoms with van der Waals surface area (Å²) in [4.78, 5) is 16.1. The lowest BCUT2D eigenvalue weighted by Crippen LogP contribution is -2.47. The average molecular weight is 438 g/mol. The van der Waals surface area contributed by atoms with E-state index >= 15 is 0 Å². The minimum atomic E-state index is -0.157. The summed E-state index contributed by atoms with van der Waals surface area (Å²) in [6.07, 6.45) is 3.38. The first-order chi connectivity index (χ1) is 11.6. The monoisotopic (exact) mass is 438 g/mol. The fourth-order valence-corrected chi connectivity index (χ4v) is 3.01. The number of hydrogen-bond donors (Lipinski definition) is 3. The highest BCUT2D eigenvalue weighted by molar-refractivity contribution is 14.1. The number of carbonyl (C=O) groups excluding carboxylic acids is 1. The lowest BCUT2D eigenvalue weighted by Gasteiger charge is -2.19. The Bertz CT molecular complexity index is 681. The molecule has 0 bridgehead atoms. The Morgan fingerprint density at radius 1 is 1.21 bits per heavy atom. The number of nitrogens with zero attached hydrogens (tertiary/aromatic N) is 1. The second-order valence-corrected chi connectivity index (χ2v) is 6.94. The van der Waals surface area contributed by atoms with Gasteiger partial charge in [0.15, 0.2) is 6.61 Å². The smallest absolute Gasteiger partial charge is 0.259 e. The second kappa shape index (κ2) is 7.91. The van der Waals surface area contributed by atoms with Crippen molar-refractivity contribution in [3.63, 3.8) is 0 Å². The molecule has 0 radical (unpaired) electrons. The van der Waals surface area contributed by atoms with Crippen molar-refractivity contribution in [2.24, 2.45) is 5.92 Å². The minimum absolute atomic E-state index is 0.00852. The van der Waals surface area contributed by atoms with Crippen LogP contribution < -0.4 is 20.9 Å². The average Bonchev–Trinajstić information content (AvgIpc) is 2.96. The van der Waals surface area contributed by atoms with E-state index in [2.05, 4.69) is 50.7 Å². The van der Waals surface area contributed by atoms with Crippen molar-refractivity contribution in [2.75, 3.05) is 6.61 Å². The summed E-state index contributed by atoms with van der Waals surface area (Å²) in [5, 5.41) is 2.96. The fraction of sp³-hybridized carbons (Fsp3) is 0.294. The zero-order chi connectivity index (χ0) is 16.9. The van der Waals surface area contributed by atoms with Crippen molar-refractivity contribution < 1.29 is 9.53 Å². The van der Waals surface area contributed by atoms with Gasteiger partial charge in [-0.05, 0) is 64.6 Å². The van der Waals surface area contributed by atoms with E-state index in [1.165, 1.54) is 0 Å². The van der Waals surface area contributed by atoms with Gasteiger partial charge in [0.05, 0.1) is 12.2 Å². The second-order valence-electron chi connectivity index (χ2n) is 5.69. The summed E-state index contributed by atoms with van der Waals surface area (Å²) >= 11 is 2.23. The van der Waals surface area contributed by atoms with E-state index in [1.54, 1.807) is 12.4 Å². The molecule has 3 N–H and O–H groups in total. The highest BCUT2D eigenvalue weighted by Crippen LogP contribution is 2.26. The number of carbonyl (C=O) groups is 1. The Hall–Kier alpha value is -1.71. The van der Waals surface area contributed by atoms with Gasteiger partial charge in [-0.25, -0.2) is 10.9 Å². The maximum Gasteiger partial charge on any atom is 0.259 e. The number of benzene rings is 1. The third-order valence-electron chi connectivity index (χ3n) is 4.01. The predicted molar refractivity (Wildman–Crippen MR) is 99.0 cm³/mol. The minimum Gasteiger partial charge on any atom is -0.484 e. The molecular formula is C17H19IN4O2. The van der Waals surface area contributed by atoms with Crippen molar-refractivity contribution in [3.05, 3.63) is 57.9 Å². The molecule has 1 saturated heterocycles. The third kappa shape index (κ3) is 4.22. The molecule has 0 aliphatic carbocycles. The number of rotatable bonds is 5. The van der Waals surface area contributed by atoms with Gasteiger partial charge in [-0.15, -0.1) is 0 Å². The number of aromatic nitrogens is 1. The largest absolute Gasteiger partial charge is 0.484 e. The number of hydrazine groups is 1. The number of pyridine rings is 1.